The summed E-state index contributed by atoms with van der Waals surface area (Å²) in [6.45, 7) is 12.8. The molecule has 0 aromatic heterocycles. The van der Waals surface area contributed by atoms with Crippen molar-refractivity contribution in [1.29, 1.82) is 0 Å². The van der Waals surface area contributed by atoms with E-state index in [9.17, 15) is 0 Å². The van der Waals surface area contributed by atoms with Crippen molar-refractivity contribution in [2.45, 2.75) is 0 Å². The van der Waals surface area contributed by atoms with Crippen LogP contribution in [0.3, 0.4) is 0 Å². The van der Waals surface area contributed by atoms with Gasteiger partial charge >= 0.3 is 71.7 Å². The Morgan fingerprint density at radius 2 is 1.45 bits per heavy atom. The normalized spacial score (nSPS) is 7.00. The van der Waals surface area contributed by atoms with Crippen molar-refractivity contribution < 1.29 is 10.1 Å². The van der Waals surface area contributed by atoms with E-state index in [1.165, 1.54) is 7.00 Å². The first-order valence-corrected chi connectivity index (χ1v) is 3.33. The minimum atomic E-state index is 1.18. The second-order valence-electron chi connectivity index (χ2n) is 1.73. The predicted molar refractivity (Wildman–Crippen MR) is 58.3 cm³/mol. The van der Waals surface area contributed by atoms with Crippen LogP contribution >= 0.6 is 0 Å². The van der Waals surface area contributed by atoms with Crippen LogP contribution in [0.5, 0.6) is 0 Å². The Bertz CT molecular complexity index is 176. The van der Waals surface area contributed by atoms with Crippen LogP contribution < -0.4 is 0 Å². The van der Waals surface area contributed by atoms with Crippen molar-refractivity contribution in [3.05, 3.63) is 0 Å². The second kappa shape index (κ2) is 10.3. The third kappa shape index (κ3) is 10.3. The van der Waals surface area contributed by atoms with Gasteiger partial charge in [-0.3, -0.25) is 0 Å². The molecule has 0 saturated heterocycles. The fourth-order valence-corrected chi connectivity index (χ4v) is 0.448. The van der Waals surface area contributed by atoms with Gasteiger partial charge in [0.25, 0.3) is 0 Å². The van der Waals surface area contributed by atoms with E-state index in [1.807, 2.05) is 41.2 Å². The molecule has 1 N–H and O–H groups in total. The predicted octanol–water partition coefficient (Wildman–Crippen LogP) is -4.02. The fraction of sp³-hybridized carbons (Fsp3) is 0. The summed E-state index contributed by atoms with van der Waals surface area (Å²) in [5.74, 6) is 0. The van der Waals surface area contributed by atoms with Crippen LogP contribution in [0.4, 0.5) is 0 Å². The van der Waals surface area contributed by atoms with Crippen molar-refractivity contribution in [2.24, 2.45) is 0 Å². The van der Waals surface area contributed by atoms with Gasteiger partial charge in [0.2, 0.25) is 0 Å². The molecule has 0 amide bonds. The number of hydrogen-bond acceptors (Lipinski definition) is 2. The molecule has 0 aromatic rings. The average Bonchev–Trinajstić information content (AvgIpc) is 2.03. The molecular formula is H3B9O2. The molecule has 0 atom stereocenters. The van der Waals surface area contributed by atoms with Crippen LogP contribution in [0.25, 0.3) is 0 Å². The summed E-state index contributed by atoms with van der Waals surface area (Å²) < 4.78 is 0. The third-order valence-electron chi connectivity index (χ3n) is 0.887. The first kappa shape index (κ1) is 11.3. The third-order valence-corrected chi connectivity index (χ3v) is 0.887. The van der Waals surface area contributed by atoms with Crippen molar-refractivity contribution in [2.75, 3.05) is 0 Å². The molecule has 0 aromatic carbocycles. The molecule has 0 heterocycles. The van der Waals surface area contributed by atoms with Gasteiger partial charge in [-0.15, -0.1) is 0 Å². The molecule has 0 aliphatic rings. The van der Waals surface area contributed by atoms with Crippen LogP contribution in [-0.2, 0) is 4.81 Å². The minimum absolute atomic E-state index is 1.18. The van der Waals surface area contributed by atoms with E-state index in [0.717, 1.165) is 0 Å². The molecule has 0 bridgehead atoms. The standard InChI is InChI=1S/B9H3O2/c1-2-3-4-5-6-7-8-9-11-10/h10H,1H2. The molecule has 0 radical (unpaired) electrons. The topological polar surface area (TPSA) is 29.5 Å². The first-order valence-electron chi connectivity index (χ1n) is 3.33. The summed E-state index contributed by atoms with van der Waals surface area (Å²) in [4.78, 5) is 3.70. The van der Waals surface area contributed by atoms with Crippen molar-refractivity contribution in [1.82, 2.24) is 0 Å². The van der Waals surface area contributed by atoms with Gasteiger partial charge in [0.15, 0.2) is 0 Å². The molecule has 0 rings (SSSR count). The van der Waals surface area contributed by atoms with Crippen LogP contribution in [0.15, 0.2) is 0 Å². The van der Waals surface area contributed by atoms with E-state index in [0.29, 0.717) is 0 Å². The number of hydrogen-bond donors (Lipinski definition) is 1. The fourth-order valence-electron chi connectivity index (χ4n) is 0.448. The van der Waals surface area contributed by atoms with Gasteiger partial charge in [-0.1, -0.05) is 0 Å². The monoisotopic (exact) mass is 134 g/mol. The molecule has 42 valence electrons. The Morgan fingerprint density at radius 1 is 0.909 bits per heavy atom. The Labute approximate surface area is 72.2 Å². The molecule has 0 spiro atoms. The van der Waals surface area contributed by atoms with Gasteiger partial charge in [0.05, 0.1) is 0 Å². The Morgan fingerprint density at radius 3 is 2.00 bits per heavy atom. The second-order valence-corrected chi connectivity index (χ2v) is 1.73. The van der Waals surface area contributed by atoms with E-state index in [1.54, 1.807) is 13.4 Å². The van der Waals surface area contributed by atoms with E-state index in [4.69, 9.17) is 5.26 Å². The molecule has 11 heteroatoms. The van der Waals surface area contributed by atoms with Crippen LogP contribution in [0.2, 0.25) is 0 Å². The van der Waals surface area contributed by atoms with Gasteiger partial charge in [-0.05, 0) is 0 Å². The van der Waals surface area contributed by atoms with Gasteiger partial charge in [0.1, 0.15) is 0 Å². The summed E-state index contributed by atoms with van der Waals surface area (Å²) in [6, 6.07) is 0. The van der Waals surface area contributed by atoms with E-state index < -0.39 is 0 Å². The first-order chi connectivity index (χ1) is 5.41. The molecule has 0 fully saturated rings. The molecule has 0 aliphatic carbocycles. The molecule has 2 nitrogen and oxygen atoms in total. The van der Waals surface area contributed by atoms with Crippen LogP contribution in [0.1, 0.15) is 0 Å². The van der Waals surface area contributed by atoms with E-state index in [2.05, 4.69) is 4.81 Å². The Balaban J connectivity index is 3.51. The average molecular weight is 132 g/mol. The summed E-state index contributed by atoms with van der Waals surface area (Å²) in [6.07, 6.45) is 0. The summed E-state index contributed by atoms with van der Waals surface area (Å²) >= 11 is 0. The summed E-state index contributed by atoms with van der Waals surface area (Å²) in [5, 5.41) is 7.86. The zero-order chi connectivity index (χ0) is 8.36. The maximum atomic E-state index is 7.86. The van der Waals surface area contributed by atoms with Crippen molar-refractivity contribution >= 4 is 61.6 Å². The van der Waals surface area contributed by atoms with Gasteiger partial charge in [0, 0.05) is 0 Å². The Hall–Kier alpha value is 0.344. The number of rotatable bonds is 4. The Kier molecular flexibility index (Phi) is 10.7. The summed E-state index contributed by atoms with van der Waals surface area (Å²) in [5.41, 5.74) is 0. The van der Waals surface area contributed by atoms with Gasteiger partial charge < -0.3 is 0 Å². The van der Waals surface area contributed by atoms with Crippen LogP contribution in [-0.4, -0.2) is 66.8 Å². The zero-order valence-electron chi connectivity index (χ0n) is 6.47. The SMILES string of the molecule is BB=BB=BB=BB=BOO. The van der Waals surface area contributed by atoms with Gasteiger partial charge in [-0.2, -0.15) is 0 Å². The van der Waals surface area contributed by atoms with E-state index in [-0.39, 0.29) is 0 Å². The van der Waals surface area contributed by atoms with Crippen molar-refractivity contribution in [3.8, 4) is 0 Å². The van der Waals surface area contributed by atoms with Crippen molar-refractivity contribution in [3.63, 3.8) is 0 Å². The molecule has 0 unspecified atom stereocenters. The quantitative estimate of drug-likeness (QED) is 0.240. The van der Waals surface area contributed by atoms with Crippen LogP contribution in [0, 0.1) is 0 Å². The molecular weight excluding hydrogens is 129 g/mol. The molecule has 0 saturated carbocycles. The molecule has 0 aliphatic heterocycles. The van der Waals surface area contributed by atoms with Gasteiger partial charge in [-0.25, -0.2) is 0 Å². The summed E-state index contributed by atoms with van der Waals surface area (Å²) in [7, 11) is 3.13. The molecule has 11 heavy (non-hydrogen) atoms. The maximum absolute atomic E-state index is 7.86. The zero-order valence-corrected chi connectivity index (χ0v) is 6.47. The van der Waals surface area contributed by atoms with E-state index >= 15 is 0 Å².